The van der Waals surface area contributed by atoms with Gasteiger partial charge in [0.15, 0.2) is 6.04 Å². The monoisotopic (exact) mass is 320 g/mol. The highest BCUT2D eigenvalue weighted by molar-refractivity contribution is 6.12. The predicted molar refractivity (Wildman–Crippen MR) is 93.3 cm³/mol. The Morgan fingerprint density at radius 1 is 1.17 bits per heavy atom. The van der Waals surface area contributed by atoms with E-state index in [1.807, 2.05) is 30.3 Å². The molecule has 1 unspecified atom stereocenters. The number of carbonyl (C=O) groups is 1. The van der Waals surface area contributed by atoms with E-state index in [9.17, 15) is 10.1 Å². The first-order chi connectivity index (χ1) is 11.4. The van der Waals surface area contributed by atoms with Crippen molar-refractivity contribution in [1.29, 1.82) is 5.26 Å². The molecule has 2 aromatic carbocycles. The van der Waals surface area contributed by atoms with E-state index in [2.05, 4.69) is 26.8 Å². The summed E-state index contributed by atoms with van der Waals surface area (Å²) in [6.45, 7) is 6.35. The van der Waals surface area contributed by atoms with Gasteiger partial charge in [0.1, 0.15) is 5.75 Å². The largest absolute Gasteiger partial charge is 0.495 e. The van der Waals surface area contributed by atoms with Crippen molar-refractivity contribution in [2.24, 2.45) is 0 Å². The van der Waals surface area contributed by atoms with E-state index in [1.165, 1.54) is 4.90 Å². The molecular weight excluding hydrogens is 300 g/mol. The molecule has 1 amide bonds. The summed E-state index contributed by atoms with van der Waals surface area (Å²) in [7, 11) is 1.56. The zero-order chi connectivity index (χ0) is 17.5. The van der Waals surface area contributed by atoms with Crippen LogP contribution in [0.5, 0.6) is 5.75 Å². The van der Waals surface area contributed by atoms with Gasteiger partial charge in [-0.3, -0.25) is 9.69 Å². The predicted octanol–water partition coefficient (Wildman–Crippen LogP) is 4.22. The third-order valence-electron chi connectivity index (χ3n) is 4.39. The SMILES string of the molecule is COc1ccccc1N1C(=O)c2ccc(C(C)(C)C)cc2C1C#N. The fourth-order valence-electron chi connectivity index (χ4n) is 3.04. The molecular formula is C20H20N2O2. The number of carbonyl (C=O) groups excluding carboxylic acids is 1. The molecule has 1 heterocycles. The van der Waals surface area contributed by atoms with Crippen LogP contribution in [0.4, 0.5) is 5.69 Å². The lowest BCUT2D eigenvalue weighted by Crippen LogP contribution is -2.27. The maximum Gasteiger partial charge on any atom is 0.260 e. The van der Waals surface area contributed by atoms with E-state index in [4.69, 9.17) is 4.74 Å². The average molecular weight is 320 g/mol. The zero-order valence-electron chi connectivity index (χ0n) is 14.3. The number of amides is 1. The van der Waals surface area contributed by atoms with Crippen molar-refractivity contribution in [2.75, 3.05) is 12.0 Å². The highest BCUT2D eigenvalue weighted by Gasteiger charge is 2.39. The Hall–Kier alpha value is -2.80. The first-order valence-corrected chi connectivity index (χ1v) is 7.89. The van der Waals surface area contributed by atoms with Crippen LogP contribution in [-0.4, -0.2) is 13.0 Å². The summed E-state index contributed by atoms with van der Waals surface area (Å²) in [5, 5.41) is 9.73. The summed E-state index contributed by atoms with van der Waals surface area (Å²) in [6, 6.07) is 14.7. The van der Waals surface area contributed by atoms with Crippen molar-refractivity contribution < 1.29 is 9.53 Å². The van der Waals surface area contributed by atoms with Crippen LogP contribution in [0.3, 0.4) is 0 Å². The molecule has 1 aliphatic heterocycles. The molecule has 24 heavy (non-hydrogen) atoms. The smallest absolute Gasteiger partial charge is 0.260 e. The number of hydrogen-bond donors (Lipinski definition) is 0. The maximum atomic E-state index is 12.9. The molecule has 0 fully saturated rings. The number of benzene rings is 2. The number of methoxy groups -OCH3 is 1. The number of rotatable bonds is 2. The molecule has 1 atom stereocenters. The molecule has 122 valence electrons. The highest BCUT2D eigenvalue weighted by Crippen LogP contribution is 2.42. The number of nitriles is 1. The third kappa shape index (κ3) is 2.43. The Kier molecular flexibility index (Phi) is 3.81. The van der Waals surface area contributed by atoms with Gasteiger partial charge in [-0.05, 0) is 29.2 Å². The molecule has 4 nitrogen and oxygen atoms in total. The number of anilines is 1. The van der Waals surface area contributed by atoms with Crippen molar-refractivity contribution in [3.8, 4) is 11.8 Å². The Morgan fingerprint density at radius 2 is 1.88 bits per heavy atom. The normalized spacial score (nSPS) is 16.7. The minimum Gasteiger partial charge on any atom is -0.495 e. The standard InChI is InChI=1S/C20H20N2O2/c1-20(2,3)13-9-10-14-15(11-13)17(12-21)22(19(14)23)16-7-5-6-8-18(16)24-4/h5-11,17H,1-4H3. The van der Waals surface area contributed by atoms with E-state index < -0.39 is 6.04 Å². The number of para-hydroxylation sites is 2. The lowest BCUT2D eigenvalue weighted by Gasteiger charge is -2.23. The van der Waals surface area contributed by atoms with Crippen molar-refractivity contribution in [3.63, 3.8) is 0 Å². The maximum absolute atomic E-state index is 12.9. The second kappa shape index (κ2) is 5.68. The van der Waals surface area contributed by atoms with E-state index in [0.29, 0.717) is 17.0 Å². The van der Waals surface area contributed by atoms with Gasteiger partial charge in [-0.25, -0.2) is 0 Å². The van der Waals surface area contributed by atoms with Crippen LogP contribution in [0.2, 0.25) is 0 Å². The topological polar surface area (TPSA) is 53.3 Å². The van der Waals surface area contributed by atoms with Crippen molar-refractivity contribution in [3.05, 3.63) is 59.2 Å². The second-order valence-corrected chi connectivity index (χ2v) is 6.93. The van der Waals surface area contributed by atoms with Gasteiger partial charge in [-0.1, -0.05) is 45.0 Å². The lowest BCUT2D eigenvalue weighted by molar-refractivity contribution is 0.0993. The van der Waals surface area contributed by atoms with Gasteiger partial charge in [0.05, 0.1) is 18.9 Å². The molecule has 2 aromatic rings. The second-order valence-electron chi connectivity index (χ2n) is 6.93. The number of hydrogen-bond acceptors (Lipinski definition) is 3. The Balaban J connectivity index is 2.15. The third-order valence-corrected chi connectivity index (χ3v) is 4.39. The van der Waals surface area contributed by atoms with Crippen LogP contribution < -0.4 is 9.64 Å². The first-order valence-electron chi connectivity index (χ1n) is 7.89. The van der Waals surface area contributed by atoms with Crippen LogP contribution >= 0.6 is 0 Å². The summed E-state index contributed by atoms with van der Waals surface area (Å²) < 4.78 is 5.37. The van der Waals surface area contributed by atoms with E-state index in [0.717, 1.165) is 11.1 Å². The molecule has 0 bridgehead atoms. The van der Waals surface area contributed by atoms with E-state index in [1.54, 1.807) is 19.2 Å². The van der Waals surface area contributed by atoms with E-state index >= 15 is 0 Å². The van der Waals surface area contributed by atoms with Crippen molar-refractivity contribution in [2.45, 2.75) is 32.2 Å². The quantitative estimate of drug-likeness (QED) is 0.832. The van der Waals surface area contributed by atoms with Gasteiger partial charge in [0.25, 0.3) is 5.91 Å². The Morgan fingerprint density at radius 3 is 2.50 bits per heavy atom. The van der Waals surface area contributed by atoms with Gasteiger partial charge in [0, 0.05) is 11.1 Å². The first kappa shape index (κ1) is 16.1. The molecule has 0 spiro atoms. The summed E-state index contributed by atoms with van der Waals surface area (Å²) in [4.78, 5) is 14.4. The van der Waals surface area contributed by atoms with Crippen LogP contribution in [0.15, 0.2) is 42.5 Å². The molecule has 3 rings (SSSR count). The molecule has 0 N–H and O–H groups in total. The van der Waals surface area contributed by atoms with Crippen LogP contribution in [-0.2, 0) is 5.41 Å². The summed E-state index contributed by atoms with van der Waals surface area (Å²) in [6.07, 6.45) is 0. The van der Waals surface area contributed by atoms with Gasteiger partial charge in [0.2, 0.25) is 0 Å². The van der Waals surface area contributed by atoms with Gasteiger partial charge in [-0.2, -0.15) is 5.26 Å². The van der Waals surface area contributed by atoms with Crippen LogP contribution in [0.25, 0.3) is 0 Å². The fourth-order valence-corrected chi connectivity index (χ4v) is 3.04. The Labute approximate surface area is 142 Å². The van der Waals surface area contributed by atoms with Crippen LogP contribution in [0, 0.1) is 11.3 Å². The molecule has 4 heteroatoms. The molecule has 0 aliphatic carbocycles. The number of fused-ring (bicyclic) bond motifs is 1. The van der Waals surface area contributed by atoms with Gasteiger partial charge >= 0.3 is 0 Å². The minimum atomic E-state index is -0.647. The Bertz CT molecular complexity index is 843. The molecule has 1 aliphatic rings. The fraction of sp³-hybridized carbons (Fsp3) is 0.300. The summed E-state index contributed by atoms with van der Waals surface area (Å²) in [5.74, 6) is 0.413. The molecule has 0 aromatic heterocycles. The zero-order valence-corrected chi connectivity index (χ0v) is 14.3. The number of nitrogens with zero attached hydrogens (tertiary/aromatic N) is 2. The summed E-state index contributed by atoms with van der Waals surface area (Å²) >= 11 is 0. The minimum absolute atomic E-state index is 0.0457. The highest BCUT2D eigenvalue weighted by atomic mass is 16.5. The molecule has 0 radical (unpaired) electrons. The number of ether oxygens (including phenoxy) is 1. The van der Waals surface area contributed by atoms with Crippen LogP contribution in [0.1, 0.15) is 48.3 Å². The van der Waals surface area contributed by atoms with Gasteiger partial charge in [-0.15, -0.1) is 0 Å². The molecule has 0 saturated heterocycles. The van der Waals surface area contributed by atoms with Crippen molar-refractivity contribution in [1.82, 2.24) is 0 Å². The van der Waals surface area contributed by atoms with Gasteiger partial charge < -0.3 is 4.74 Å². The van der Waals surface area contributed by atoms with Crippen molar-refractivity contribution >= 4 is 11.6 Å². The van der Waals surface area contributed by atoms with E-state index in [-0.39, 0.29) is 11.3 Å². The summed E-state index contributed by atoms with van der Waals surface area (Å²) in [5.41, 5.74) is 3.03. The molecule has 0 saturated carbocycles. The lowest BCUT2D eigenvalue weighted by atomic mass is 9.85. The average Bonchev–Trinajstić information content (AvgIpc) is 2.85.